The first-order chi connectivity index (χ1) is 18.1. The Labute approximate surface area is 229 Å². The van der Waals surface area contributed by atoms with Gasteiger partial charge in [0.1, 0.15) is 24.7 Å². The topological polar surface area (TPSA) is 280 Å². The number of aliphatic hydroxyl groups excluding tert-OH is 3. The predicted octanol–water partition coefficient (Wildman–Crippen LogP) is -2.13. The molecule has 4 rings (SSSR count). The van der Waals surface area contributed by atoms with Gasteiger partial charge in [-0.3, -0.25) is 37.7 Å². The Bertz CT molecular complexity index is 1520. The fourth-order valence-electron chi connectivity index (χ4n) is 4.29. The molecule has 2 saturated heterocycles. The smallest absolute Gasteiger partial charge is 0.391 e. The van der Waals surface area contributed by atoms with Crippen LogP contribution in [-0.2, 0) is 23.1 Å². The predicted molar refractivity (Wildman–Crippen MR) is 137 cm³/mol. The number of hydrogen-bond donors (Lipinski definition) is 8. The highest BCUT2D eigenvalue weighted by Crippen LogP contribution is 2.59. The maximum absolute atomic E-state index is 13.0. The molecule has 0 radical (unpaired) electrons. The molecule has 8 atom stereocenters. The van der Waals surface area contributed by atoms with Crippen molar-refractivity contribution in [3.8, 4) is 0 Å². The Kier molecular flexibility index (Phi) is 9.49. The Morgan fingerprint density at radius 3 is 2.15 bits per heavy atom. The quantitative estimate of drug-likeness (QED) is 0.0900. The first-order valence-electron chi connectivity index (χ1n) is 11.5. The summed E-state index contributed by atoms with van der Waals surface area (Å²) in [6, 6.07) is 0. The Morgan fingerprint density at radius 1 is 1.10 bits per heavy atom. The number of aromatic amines is 2. The van der Waals surface area contributed by atoms with Crippen LogP contribution in [0, 0.1) is 13.8 Å². The van der Waals surface area contributed by atoms with Gasteiger partial charge in [0.2, 0.25) is 5.79 Å². The van der Waals surface area contributed by atoms with Crippen LogP contribution in [0.4, 0.5) is 0 Å². The molecule has 20 heteroatoms. The van der Waals surface area contributed by atoms with E-state index in [0.717, 1.165) is 15.3 Å². The third-order valence-electron chi connectivity index (χ3n) is 6.30. The van der Waals surface area contributed by atoms with E-state index in [2.05, 4.69) is 22.2 Å². The summed E-state index contributed by atoms with van der Waals surface area (Å²) >= 11 is 3.76. The molecule has 40 heavy (non-hydrogen) atoms. The fourth-order valence-corrected chi connectivity index (χ4v) is 6.04. The summed E-state index contributed by atoms with van der Waals surface area (Å²) in [5.41, 5.74) is -2.62. The molecule has 0 amide bonds. The maximum Gasteiger partial charge on any atom is 0.391 e. The van der Waals surface area contributed by atoms with Gasteiger partial charge in [0.25, 0.3) is 11.1 Å². The summed E-state index contributed by atoms with van der Waals surface area (Å²) in [7, 11) is 0. The first-order valence-corrected chi connectivity index (χ1v) is 14.2. The minimum Gasteiger partial charge on any atom is -0.393 e. The average Bonchev–Trinajstić information content (AvgIpc) is 3.37. The molecule has 4 heterocycles. The van der Waals surface area contributed by atoms with Gasteiger partial charge >= 0.3 is 18.2 Å². The maximum atomic E-state index is 13.0. The minimum atomic E-state index is -4.70. The number of nitrogens with zero attached hydrogens (tertiary/aromatic N) is 2. The summed E-state index contributed by atoms with van der Waals surface area (Å²) in [5, 5.41) is 41.6. The second-order valence-corrected chi connectivity index (χ2v) is 12.0. The molecule has 0 aromatic carbocycles. The molecule has 2 aromatic heterocycles. The van der Waals surface area contributed by atoms with Crippen molar-refractivity contribution in [2.24, 2.45) is 0 Å². The molecule has 2 fully saturated rings. The number of rotatable bonds is 8. The van der Waals surface area contributed by atoms with Gasteiger partial charge < -0.3 is 36.1 Å². The van der Waals surface area contributed by atoms with E-state index in [1.54, 1.807) is 0 Å². The molecule has 2 aromatic rings. The summed E-state index contributed by atoms with van der Waals surface area (Å²) in [4.78, 5) is 51.8. The number of H-pyrrole nitrogens is 2. The van der Waals surface area contributed by atoms with Gasteiger partial charge in [-0.1, -0.05) is 12.2 Å². The van der Waals surface area contributed by atoms with Crippen molar-refractivity contribution in [1.29, 1.82) is 0 Å². The lowest BCUT2D eigenvalue weighted by Gasteiger charge is -2.31. The highest BCUT2D eigenvalue weighted by atomic mass is 32.7. The number of ether oxygens (including phenoxy) is 2. The number of hydrogen-bond acceptors (Lipinski definition) is 14. The van der Waals surface area contributed by atoms with E-state index >= 15 is 0 Å². The van der Waals surface area contributed by atoms with Crippen LogP contribution >= 0.6 is 19.0 Å². The van der Waals surface area contributed by atoms with Crippen LogP contribution in [0.5, 0.6) is 0 Å². The van der Waals surface area contributed by atoms with Gasteiger partial charge in [0.05, 0.1) is 19.1 Å². The van der Waals surface area contributed by atoms with E-state index < -0.39 is 85.2 Å². The van der Waals surface area contributed by atoms with Crippen LogP contribution in [0.15, 0.2) is 31.6 Å². The molecule has 0 spiro atoms. The number of aryl methyl sites for hydroxylation is 2. The third kappa shape index (κ3) is 6.39. The standard InChI is InChI=1S/C20H27N4O13PS.H3N/c1-8-5-23(18(30)21-15(8)27)12-3-10(26)14(35-12)17(29)36-38(33,39)37-20(32)4-13(34-11(20)7-25)24-6-9(2)16(28)22-19(24)31;/h5-6,10-14,17,25-26,29,32H,3-4,7H2,1-2H3,(H,33,39)(H,21,27,30)(H,22,28,31);1H3/t10-,11+,12+,13+,14-,17?,20+,38?;/m0./s1. The molecular weight excluding hydrogens is 581 g/mol. The lowest BCUT2D eigenvalue weighted by Crippen LogP contribution is -2.43. The number of nitrogens with one attached hydrogen (secondary N) is 2. The Morgan fingerprint density at radius 2 is 1.62 bits per heavy atom. The normalized spacial score (nSPS) is 30.5. The first kappa shape index (κ1) is 32.1. The van der Waals surface area contributed by atoms with Gasteiger partial charge in [0.15, 0.2) is 6.29 Å². The summed E-state index contributed by atoms with van der Waals surface area (Å²) in [6.07, 6.45) is -7.51. The zero-order valence-electron chi connectivity index (χ0n) is 21.2. The summed E-state index contributed by atoms with van der Waals surface area (Å²) in [5.74, 6) is -2.54. The average molecular weight is 612 g/mol. The van der Waals surface area contributed by atoms with Crippen molar-refractivity contribution in [2.45, 2.75) is 69.5 Å². The van der Waals surface area contributed by atoms with Gasteiger partial charge in [-0.05, 0) is 13.8 Å². The number of aromatic nitrogens is 4. The highest BCUT2D eigenvalue weighted by molar-refractivity contribution is 8.44. The van der Waals surface area contributed by atoms with E-state index in [4.69, 9.17) is 18.5 Å². The molecule has 9 N–H and O–H groups in total. The van der Waals surface area contributed by atoms with Crippen LogP contribution in [0.25, 0.3) is 0 Å². The van der Waals surface area contributed by atoms with E-state index in [9.17, 15) is 44.2 Å². The van der Waals surface area contributed by atoms with Gasteiger partial charge in [-0.2, -0.15) is 0 Å². The Balaban J connectivity index is 0.00000441. The van der Waals surface area contributed by atoms with Crippen LogP contribution in [0.2, 0.25) is 0 Å². The largest absolute Gasteiger partial charge is 0.393 e. The van der Waals surface area contributed by atoms with Crippen molar-refractivity contribution in [1.82, 2.24) is 25.3 Å². The van der Waals surface area contributed by atoms with Crippen molar-refractivity contribution in [3.05, 3.63) is 65.2 Å². The van der Waals surface area contributed by atoms with Gasteiger partial charge in [-0.15, -0.1) is 0 Å². The summed E-state index contributed by atoms with van der Waals surface area (Å²) in [6.45, 7) is -2.70. The van der Waals surface area contributed by atoms with Crippen LogP contribution in [0.3, 0.4) is 0 Å². The van der Waals surface area contributed by atoms with E-state index in [0.29, 0.717) is 0 Å². The lowest BCUT2D eigenvalue weighted by molar-refractivity contribution is -0.199. The SMILES string of the molecule is Cc1cn([C@H]2C[C@H](O)[C@@H](C(O)OP(=O)(S)O[C@]3(O)C[C@H](n4cc(C)c(=O)[nH]c4=O)O[C@@H]3CO)O2)c(=O)[nH]c1=O.N. The molecular formula is C20H30N5O13PS. The lowest BCUT2D eigenvalue weighted by atomic mass is 10.1. The summed E-state index contributed by atoms with van der Waals surface area (Å²) < 4.78 is 36.0. The number of thiol groups is 1. The van der Waals surface area contributed by atoms with Crippen molar-refractivity contribution >= 4 is 19.0 Å². The van der Waals surface area contributed by atoms with Gasteiger partial charge in [-0.25, -0.2) is 14.2 Å². The molecule has 0 aliphatic carbocycles. The fraction of sp³-hybridized carbons (Fsp3) is 0.600. The molecule has 2 unspecified atom stereocenters. The van der Waals surface area contributed by atoms with Crippen molar-refractivity contribution in [3.63, 3.8) is 0 Å². The number of aliphatic hydroxyl groups is 4. The minimum absolute atomic E-state index is 0. The molecule has 0 saturated carbocycles. The molecule has 0 bridgehead atoms. The van der Waals surface area contributed by atoms with Crippen LogP contribution in [-0.4, -0.2) is 76.5 Å². The molecule has 18 nitrogen and oxygen atoms in total. The van der Waals surface area contributed by atoms with Gasteiger partial charge in [0, 0.05) is 29.9 Å². The Hall–Kier alpha value is -2.42. The highest BCUT2D eigenvalue weighted by Gasteiger charge is 2.54. The van der Waals surface area contributed by atoms with Crippen molar-refractivity contribution in [2.75, 3.05) is 6.61 Å². The van der Waals surface area contributed by atoms with Crippen LogP contribution < -0.4 is 28.6 Å². The second kappa shape index (κ2) is 11.8. The zero-order chi connectivity index (χ0) is 28.9. The zero-order valence-corrected chi connectivity index (χ0v) is 23.0. The van der Waals surface area contributed by atoms with E-state index in [1.165, 1.54) is 20.0 Å². The van der Waals surface area contributed by atoms with E-state index in [1.807, 2.05) is 0 Å². The molecule has 224 valence electrons. The van der Waals surface area contributed by atoms with Crippen molar-refractivity contribution < 1.29 is 43.5 Å². The molecule has 2 aliphatic heterocycles. The van der Waals surface area contributed by atoms with Crippen LogP contribution in [0.1, 0.15) is 36.4 Å². The third-order valence-corrected chi connectivity index (χ3v) is 7.86. The second-order valence-electron chi connectivity index (χ2n) is 9.18. The monoisotopic (exact) mass is 611 g/mol. The van der Waals surface area contributed by atoms with E-state index in [-0.39, 0.29) is 23.7 Å². The molecule has 2 aliphatic rings.